The molecule has 4 rings (SSSR count). The second-order valence-electron chi connectivity index (χ2n) is 5.32. The summed E-state index contributed by atoms with van der Waals surface area (Å²) in [5, 5.41) is 1.23. The Balaban J connectivity index is 2.14. The van der Waals surface area contributed by atoms with Crippen molar-refractivity contribution in [2.45, 2.75) is 6.92 Å². The summed E-state index contributed by atoms with van der Waals surface area (Å²) >= 11 is 9.37. The first-order valence-corrected chi connectivity index (χ1v) is 8.18. The quantitative estimate of drug-likeness (QED) is 0.486. The predicted molar refractivity (Wildman–Crippen MR) is 95.7 cm³/mol. The number of halogens is 2. The van der Waals surface area contributed by atoms with Crippen LogP contribution in [0.3, 0.4) is 0 Å². The van der Waals surface area contributed by atoms with Crippen LogP contribution in [0.5, 0.6) is 0 Å². The van der Waals surface area contributed by atoms with Crippen LogP contribution in [0, 0.1) is 6.92 Å². The van der Waals surface area contributed by atoms with E-state index in [4.69, 9.17) is 11.6 Å². The van der Waals surface area contributed by atoms with E-state index < -0.39 is 0 Å². The number of rotatable bonds is 1. The molecule has 0 fully saturated rings. The minimum absolute atomic E-state index is 0.102. The number of nitrogens with zero attached hydrogens (tertiary/aromatic N) is 3. The summed E-state index contributed by atoms with van der Waals surface area (Å²) < 4.78 is 4.29. The van der Waals surface area contributed by atoms with Crippen molar-refractivity contribution in [3.05, 3.63) is 74.1 Å². The third-order valence-corrected chi connectivity index (χ3v) is 4.52. The maximum absolute atomic E-state index is 13.0. The Morgan fingerprint density at radius 3 is 2.57 bits per heavy atom. The van der Waals surface area contributed by atoms with Gasteiger partial charge in [0.1, 0.15) is 0 Å². The zero-order chi connectivity index (χ0) is 16.1. The minimum atomic E-state index is -0.102. The molecule has 0 unspecified atom stereocenters. The first-order valence-electron chi connectivity index (χ1n) is 7.01. The van der Waals surface area contributed by atoms with Crippen LogP contribution in [0.1, 0.15) is 5.69 Å². The summed E-state index contributed by atoms with van der Waals surface area (Å²) in [7, 11) is 0. The molecule has 0 spiro atoms. The third-order valence-electron chi connectivity index (χ3n) is 3.78. The molecule has 2 heterocycles. The van der Waals surface area contributed by atoms with E-state index in [1.165, 1.54) is 0 Å². The van der Waals surface area contributed by atoms with Gasteiger partial charge in [-0.3, -0.25) is 4.79 Å². The number of fused-ring (bicyclic) bond motifs is 2. The van der Waals surface area contributed by atoms with Crippen LogP contribution in [0.4, 0.5) is 0 Å². The van der Waals surface area contributed by atoms with E-state index >= 15 is 0 Å². The van der Waals surface area contributed by atoms with Gasteiger partial charge in [0.25, 0.3) is 5.56 Å². The molecule has 114 valence electrons. The summed E-state index contributed by atoms with van der Waals surface area (Å²) in [5.74, 6) is 0. The zero-order valence-corrected chi connectivity index (χ0v) is 14.5. The van der Waals surface area contributed by atoms with Crippen molar-refractivity contribution in [2.24, 2.45) is 0 Å². The third kappa shape index (κ3) is 2.28. The van der Waals surface area contributed by atoms with E-state index in [-0.39, 0.29) is 5.56 Å². The molecule has 4 nitrogen and oxygen atoms in total. The zero-order valence-electron chi connectivity index (χ0n) is 12.1. The van der Waals surface area contributed by atoms with Crippen molar-refractivity contribution in [3.8, 4) is 5.69 Å². The lowest BCUT2D eigenvalue weighted by molar-refractivity contribution is 0.750. The molecule has 0 aliphatic rings. The number of benzene rings is 2. The van der Waals surface area contributed by atoms with Gasteiger partial charge in [-0.1, -0.05) is 27.5 Å². The van der Waals surface area contributed by atoms with Gasteiger partial charge < -0.3 is 0 Å². The van der Waals surface area contributed by atoms with E-state index in [1.807, 2.05) is 41.9 Å². The highest BCUT2D eigenvalue weighted by Crippen LogP contribution is 2.20. The van der Waals surface area contributed by atoms with Crippen molar-refractivity contribution < 1.29 is 0 Å². The molecule has 0 aliphatic heterocycles. The largest absolute Gasteiger partial charge is 0.281 e. The number of aryl methyl sites for hydroxylation is 1. The Morgan fingerprint density at radius 1 is 1.09 bits per heavy atom. The van der Waals surface area contributed by atoms with Crippen LogP contribution < -0.4 is 5.56 Å². The van der Waals surface area contributed by atoms with E-state index in [0.717, 1.165) is 15.9 Å². The van der Waals surface area contributed by atoms with Crippen LogP contribution in [0.15, 0.2) is 57.8 Å². The van der Waals surface area contributed by atoms with E-state index in [9.17, 15) is 4.79 Å². The highest BCUT2D eigenvalue weighted by atomic mass is 79.9. The predicted octanol–water partition coefficient (Wildman–Crippen LogP) is 4.36. The lowest BCUT2D eigenvalue weighted by Crippen LogP contribution is -2.21. The topological polar surface area (TPSA) is 39.3 Å². The van der Waals surface area contributed by atoms with Crippen LogP contribution in [-0.2, 0) is 0 Å². The minimum Gasteiger partial charge on any atom is -0.267 e. The van der Waals surface area contributed by atoms with Gasteiger partial charge in [0.2, 0.25) is 0 Å². The second kappa shape index (κ2) is 5.22. The average molecular weight is 389 g/mol. The molecule has 0 bridgehead atoms. The fraction of sp³-hybridized carbons (Fsp3) is 0.0588. The van der Waals surface area contributed by atoms with Gasteiger partial charge in [0.15, 0.2) is 5.65 Å². The summed E-state index contributed by atoms with van der Waals surface area (Å²) in [4.78, 5) is 17.6. The van der Waals surface area contributed by atoms with Crippen LogP contribution in [0.25, 0.3) is 22.2 Å². The number of hydrogen-bond acceptors (Lipinski definition) is 2. The maximum atomic E-state index is 13.0. The molecular weight excluding hydrogens is 378 g/mol. The van der Waals surface area contributed by atoms with Gasteiger partial charge in [-0.25, -0.2) is 9.67 Å². The average Bonchev–Trinajstić information content (AvgIpc) is 2.85. The second-order valence-corrected chi connectivity index (χ2v) is 6.67. The summed E-state index contributed by atoms with van der Waals surface area (Å²) in [6, 6.07) is 14.8. The van der Waals surface area contributed by atoms with Crippen LogP contribution in [-0.4, -0.2) is 14.2 Å². The Bertz CT molecular complexity index is 1110. The molecule has 0 saturated heterocycles. The van der Waals surface area contributed by atoms with Gasteiger partial charge in [0.05, 0.1) is 16.6 Å². The Hall–Kier alpha value is -2.11. The fourth-order valence-electron chi connectivity index (χ4n) is 2.76. The van der Waals surface area contributed by atoms with Crippen molar-refractivity contribution in [1.29, 1.82) is 0 Å². The van der Waals surface area contributed by atoms with Gasteiger partial charge >= 0.3 is 0 Å². The Kier molecular flexibility index (Phi) is 3.28. The van der Waals surface area contributed by atoms with Crippen LogP contribution in [0.2, 0.25) is 5.02 Å². The lowest BCUT2D eigenvalue weighted by atomic mass is 10.2. The van der Waals surface area contributed by atoms with E-state index in [1.54, 1.807) is 22.7 Å². The molecule has 0 radical (unpaired) electrons. The molecule has 6 heteroatoms. The summed E-state index contributed by atoms with van der Waals surface area (Å²) in [6.07, 6.45) is 0. The molecule has 0 aliphatic carbocycles. The van der Waals surface area contributed by atoms with Gasteiger partial charge in [-0.15, -0.1) is 0 Å². The standard InChI is InChI=1S/C17H11BrClN3O/c1-10-8-16-20-15-7-2-11(18)9-14(15)17(23)22(16)21(10)13-5-3-12(19)4-6-13/h2-9H,1H3. The molecular formula is C17H11BrClN3O. The smallest absolute Gasteiger partial charge is 0.267 e. The van der Waals surface area contributed by atoms with Crippen molar-refractivity contribution in [2.75, 3.05) is 0 Å². The maximum Gasteiger partial charge on any atom is 0.281 e. The Labute approximate surface area is 145 Å². The molecule has 0 atom stereocenters. The molecule has 4 aromatic rings. The summed E-state index contributed by atoms with van der Waals surface area (Å²) in [6.45, 7) is 1.95. The van der Waals surface area contributed by atoms with Crippen molar-refractivity contribution in [3.63, 3.8) is 0 Å². The van der Waals surface area contributed by atoms with Gasteiger partial charge in [-0.05, 0) is 49.4 Å². The Morgan fingerprint density at radius 2 is 1.83 bits per heavy atom. The molecule has 23 heavy (non-hydrogen) atoms. The first-order chi connectivity index (χ1) is 11.0. The normalized spacial score (nSPS) is 11.4. The molecule has 0 N–H and O–H groups in total. The van der Waals surface area contributed by atoms with Crippen molar-refractivity contribution >= 4 is 44.1 Å². The first kappa shape index (κ1) is 14.5. The van der Waals surface area contributed by atoms with Gasteiger partial charge in [0, 0.05) is 21.3 Å². The monoisotopic (exact) mass is 387 g/mol. The molecule has 2 aromatic heterocycles. The molecule has 2 aromatic carbocycles. The SMILES string of the molecule is Cc1cc2nc3ccc(Br)cc3c(=O)n2n1-c1ccc(Cl)cc1. The molecule has 0 saturated carbocycles. The van der Waals surface area contributed by atoms with Crippen LogP contribution >= 0.6 is 27.5 Å². The van der Waals surface area contributed by atoms with E-state index in [0.29, 0.717) is 21.6 Å². The number of hydrogen-bond donors (Lipinski definition) is 0. The van der Waals surface area contributed by atoms with E-state index in [2.05, 4.69) is 20.9 Å². The molecule has 0 amide bonds. The summed E-state index contributed by atoms with van der Waals surface area (Å²) in [5.41, 5.74) is 2.99. The highest BCUT2D eigenvalue weighted by molar-refractivity contribution is 9.10. The highest BCUT2D eigenvalue weighted by Gasteiger charge is 2.13. The lowest BCUT2D eigenvalue weighted by Gasteiger charge is -2.09. The van der Waals surface area contributed by atoms with Crippen molar-refractivity contribution in [1.82, 2.24) is 14.2 Å². The fourth-order valence-corrected chi connectivity index (χ4v) is 3.25. The van der Waals surface area contributed by atoms with Gasteiger partial charge in [-0.2, -0.15) is 4.52 Å². The number of aromatic nitrogens is 3.